The molecule has 0 unspecified atom stereocenters. The van der Waals surface area contributed by atoms with Crippen molar-refractivity contribution in [1.82, 2.24) is 0 Å². The summed E-state index contributed by atoms with van der Waals surface area (Å²) in [4.78, 5) is 12.4. The third-order valence-corrected chi connectivity index (χ3v) is 7.29. The summed E-state index contributed by atoms with van der Waals surface area (Å²) in [6.07, 6.45) is 19.9. The number of phosphoric ester groups is 1. The van der Waals surface area contributed by atoms with E-state index in [0.717, 1.165) is 25.7 Å². The van der Waals surface area contributed by atoms with Gasteiger partial charge in [-0.05, 0) is 61.1 Å². The second-order valence-corrected chi connectivity index (χ2v) is 10.9. The van der Waals surface area contributed by atoms with Crippen molar-refractivity contribution in [3.8, 4) is 11.5 Å². The maximum absolute atomic E-state index is 12.4. The van der Waals surface area contributed by atoms with Crippen LogP contribution in [0.5, 0.6) is 11.5 Å². The molecule has 0 aliphatic carbocycles. The van der Waals surface area contributed by atoms with Crippen LogP contribution < -0.4 is 13.9 Å². The number of unbranched alkanes of at least 4 members (excludes halogenated alkanes) is 12. The Labute approximate surface area is 231 Å². The molecule has 0 aliphatic rings. The number of phosphoric acid groups is 1. The summed E-state index contributed by atoms with van der Waals surface area (Å²) in [5.74, 6) is 0.560. The topological polar surface area (TPSA) is 58.6 Å². The van der Waals surface area contributed by atoms with E-state index in [0.29, 0.717) is 0 Å². The Morgan fingerprint density at radius 1 is 0.556 bits per heavy atom. The average Bonchev–Trinajstić information content (AvgIpc) is 2.84. The third-order valence-electron chi connectivity index (χ3n) is 6.42. The van der Waals surface area contributed by atoms with Crippen molar-refractivity contribution in [1.29, 1.82) is 0 Å². The maximum Gasteiger partial charge on any atom is 0.372 e. The fourth-order valence-electron chi connectivity index (χ4n) is 4.28. The fraction of sp³-hybridized carbons (Fsp3) is 0.600. The van der Waals surface area contributed by atoms with Gasteiger partial charge in [0.05, 0.1) is 0 Å². The van der Waals surface area contributed by atoms with E-state index in [2.05, 4.69) is 13.8 Å². The Morgan fingerprint density at radius 3 is 1.19 bits per heavy atom. The van der Waals surface area contributed by atoms with Crippen LogP contribution in [0.25, 0.3) is 0 Å². The molecule has 0 N–H and O–H groups in total. The number of hydrogen-bond acceptors (Lipinski definition) is 4. The van der Waals surface area contributed by atoms with E-state index in [9.17, 15) is 9.46 Å². The first-order valence-electron chi connectivity index (χ1n) is 13.9. The van der Waals surface area contributed by atoms with E-state index in [1.165, 1.54) is 88.2 Å². The van der Waals surface area contributed by atoms with Crippen LogP contribution in [0.3, 0.4) is 0 Å². The van der Waals surface area contributed by atoms with Crippen LogP contribution >= 0.6 is 7.82 Å². The van der Waals surface area contributed by atoms with Crippen LogP contribution in [0.4, 0.5) is 0 Å². The molecule has 2 aromatic rings. The Morgan fingerprint density at radius 2 is 0.861 bits per heavy atom. The normalized spacial score (nSPS) is 11.2. The van der Waals surface area contributed by atoms with Gasteiger partial charge in [0.2, 0.25) is 0 Å². The molecule has 0 amide bonds. The molecule has 0 heterocycles. The first-order chi connectivity index (χ1) is 17.0. The average molecular weight is 554 g/mol. The second kappa shape index (κ2) is 19.8. The molecule has 0 aromatic heterocycles. The van der Waals surface area contributed by atoms with Gasteiger partial charge in [-0.25, -0.2) is 4.57 Å². The van der Waals surface area contributed by atoms with E-state index < -0.39 is 7.82 Å². The van der Waals surface area contributed by atoms with Crippen molar-refractivity contribution >= 4 is 7.82 Å². The van der Waals surface area contributed by atoms with Crippen LogP contribution in [-0.4, -0.2) is 0 Å². The van der Waals surface area contributed by atoms with Gasteiger partial charge < -0.3 is 13.9 Å². The van der Waals surface area contributed by atoms with Crippen LogP contribution in [0.15, 0.2) is 48.5 Å². The molecule has 0 fully saturated rings. The number of benzene rings is 2. The minimum Gasteiger partial charge on any atom is -0.736 e. The van der Waals surface area contributed by atoms with Crippen LogP contribution in [-0.2, 0) is 34.8 Å². The number of rotatable bonds is 20. The molecule has 0 saturated carbocycles. The Balaban J connectivity index is 0.00000648. The molecule has 4 nitrogen and oxygen atoms in total. The van der Waals surface area contributed by atoms with Crippen LogP contribution in [0.1, 0.15) is 115 Å². The predicted molar refractivity (Wildman–Crippen MR) is 145 cm³/mol. The van der Waals surface area contributed by atoms with Crippen molar-refractivity contribution in [2.24, 2.45) is 0 Å². The van der Waals surface area contributed by atoms with E-state index in [1.54, 1.807) is 24.3 Å². The van der Waals surface area contributed by atoms with Crippen molar-refractivity contribution in [2.45, 2.75) is 117 Å². The SMILES string of the molecule is CCCCCCCCCc1ccc(OP(=O)([O-])Oc2ccc(CCCCCCCCC)cc2)cc1.[Cr]. The second-order valence-electron chi connectivity index (χ2n) is 9.66. The van der Waals surface area contributed by atoms with Crippen molar-refractivity contribution in [3.05, 3.63) is 59.7 Å². The molecule has 0 aliphatic heterocycles. The standard InChI is InChI=1S/C30H47O4P.Cr/c1-3-5-7-9-11-13-15-17-27-19-23-29(24-20-27)33-35(31,32)34-30-25-21-28(22-26-30)18-16-14-12-10-8-6-4-2;/h19-26H,3-18H2,1-2H3,(H,31,32);/p-1. The van der Waals surface area contributed by atoms with Gasteiger partial charge in [-0.1, -0.05) is 115 Å². The van der Waals surface area contributed by atoms with Gasteiger partial charge in [-0.2, -0.15) is 0 Å². The molecule has 0 saturated heterocycles. The Bertz CT molecular complexity index is 772. The molecular formula is C30H46CrO4P-. The molecule has 2 aromatic carbocycles. The Hall–Kier alpha value is -1.24. The van der Waals surface area contributed by atoms with Gasteiger partial charge in [-0.3, -0.25) is 0 Å². The third kappa shape index (κ3) is 15.1. The summed E-state index contributed by atoms with van der Waals surface area (Å²) in [7, 11) is -4.50. The molecular weight excluding hydrogens is 507 g/mol. The molecule has 0 radical (unpaired) electrons. The van der Waals surface area contributed by atoms with Gasteiger partial charge >= 0.3 is 7.82 Å². The summed E-state index contributed by atoms with van der Waals surface area (Å²) in [5.41, 5.74) is 2.40. The summed E-state index contributed by atoms with van der Waals surface area (Å²) in [6, 6.07) is 14.6. The largest absolute Gasteiger partial charge is 0.736 e. The van der Waals surface area contributed by atoms with Gasteiger partial charge in [-0.15, -0.1) is 0 Å². The zero-order valence-corrected chi connectivity index (χ0v) is 24.6. The quantitative estimate of drug-likeness (QED) is 0.121. The van der Waals surface area contributed by atoms with Crippen molar-refractivity contribution in [2.75, 3.05) is 0 Å². The summed E-state index contributed by atoms with van der Waals surface area (Å²) in [6.45, 7) is 4.47. The fourth-order valence-corrected chi connectivity index (χ4v) is 5.08. The predicted octanol–water partition coefficient (Wildman–Crippen LogP) is 9.20. The molecule has 0 atom stereocenters. The van der Waals surface area contributed by atoms with Crippen LogP contribution in [0, 0.1) is 0 Å². The number of aryl methyl sites for hydroxylation is 2. The summed E-state index contributed by atoms with van der Waals surface area (Å²) < 4.78 is 22.7. The van der Waals surface area contributed by atoms with E-state index in [4.69, 9.17) is 9.05 Å². The maximum atomic E-state index is 12.4. The zero-order chi connectivity index (χ0) is 25.2. The molecule has 36 heavy (non-hydrogen) atoms. The molecule has 6 heteroatoms. The molecule has 202 valence electrons. The van der Waals surface area contributed by atoms with Gasteiger partial charge in [0, 0.05) is 17.4 Å². The van der Waals surface area contributed by atoms with Crippen LogP contribution in [0.2, 0.25) is 0 Å². The Kier molecular flexibility index (Phi) is 18.1. The monoisotopic (exact) mass is 553 g/mol. The van der Waals surface area contributed by atoms with Gasteiger partial charge in [0.1, 0.15) is 11.5 Å². The first-order valence-corrected chi connectivity index (χ1v) is 15.4. The van der Waals surface area contributed by atoms with Gasteiger partial charge in [0.25, 0.3) is 0 Å². The first kappa shape index (κ1) is 32.8. The summed E-state index contributed by atoms with van der Waals surface area (Å²) >= 11 is 0. The van der Waals surface area contributed by atoms with E-state index in [1.807, 2.05) is 24.3 Å². The van der Waals surface area contributed by atoms with E-state index >= 15 is 0 Å². The summed E-state index contributed by atoms with van der Waals surface area (Å²) in [5, 5.41) is 0. The van der Waals surface area contributed by atoms with Gasteiger partial charge in [0.15, 0.2) is 0 Å². The van der Waals surface area contributed by atoms with Crippen molar-refractivity contribution < 1.29 is 35.9 Å². The molecule has 0 spiro atoms. The van der Waals surface area contributed by atoms with Crippen molar-refractivity contribution in [3.63, 3.8) is 0 Å². The molecule has 2 rings (SSSR count). The number of hydrogen-bond donors (Lipinski definition) is 0. The minimum absolute atomic E-state index is 0. The van der Waals surface area contributed by atoms with E-state index in [-0.39, 0.29) is 28.9 Å². The smallest absolute Gasteiger partial charge is 0.372 e. The zero-order valence-electron chi connectivity index (χ0n) is 22.4. The minimum atomic E-state index is -4.50. The molecule has 0 bridgehead atoms.